The van der Waals surface area contributed by atoms with Gasteiger partial charge in [0, 0.05) is 17.7 Å². The van der Waals surface area contributed by atoms with Crippen LogP contribution in [0.15, 0.2) is 54.6 Å². The van der Waals surface area contributed by atoms with E-state index in [2.05, 4.69) is 35.7 Å². The number of halogens is 1. The summed E-state index contributed by atoms with van der Waals surface area (Å²) in [4.78, 5) is 10.7. The zero-order valence-corrected chi connectivity index (χ0v) is 13.0. The van der Waals surface area contributed by atoms with Gasteiger partial charge in [0.15, 0.2) is 0 Å². The number of nitro benzene ring substituents is 1. The van der Waals surface area contributed by atoms with Crippen LogP contribution < -0.4 is 5.32 Å². The first-order valence-corrected chi connectivity index (χ1v) is 7.99. The molecule has 1 aliphatic carbocycles. The number of fused-ring (bicyclic) bond motifs is 3. The summed E-state index contributed by atoms with van der Waals surface area (Å²) in [6.45, 7) is 0. The fourth-order valence-corrected chi connectivity index (χ4v) is 3.92. The number of nitrogens with one attached hydrogen (secondary N) is 1. The second-order valence-electron chi connectivity index (χ2n) is 6.03. The van der Waals surface area contributed by atoms with Gasteiger partial charge in [0.25, 0.3) is 5.69 Å². The van der Waals surface area contributed by atoms with E-state index in [0.717, 1.165) is 17.7 Å². The Labute approximate surface area is 138 Å². The quantitative estimate of drug-likeness (QED) is 0.476. The monoisotopic (exact) mass is 326 g/mol. The van der Waals surface area contributed by atoms with Gasteiger partial charge in [0.05, 0.1) is 11.0 Å². The van der Waals surface area contributed by atoms with Crippen LogP contribution in [-0.2, 0) is 0 Å². The Bertz CT molecular complexity index is 818. The molecule has 4 rings (SSSR count). The molecule has 0 saturated carbocycles. The van der Waals surface area contributed by atoms with Crippen LogP contribution in [0, 0.1) is 16.0 Å². The number of nitrogens with zero attached hydrogens (tertiary/aromatic N) is 1. The van der Waals surface area contributed by atoms with Crippen molar-refractivity contribution in [1.29, 1.82) is 0 Å². The highest BCUT2D eigenvalue weighted by atomic mass is 35.5. The highest BCUT2D eigenvalue weighted by molar-refractivity contribution is 6.32. The van der Waals surface area contributed by atoms with Crippen LogP contribution in [0.3, 0.4) is 0 Å². The number of hydrogen-bond acceptors (Lipinski definition) is 3. The van der Waals surface area contributed by atoms with Crippen molar-refractivity contribution >= 4 is 23.0 Å². The summed E-state index contributed by atoms with van der Waals surface area (Å²) in [5.41, 5.74) is 3.27. The van der Waals surface area contributed by atoms with E-state index in [1.807, 2.05) is 12.1 Å². The minimum Gasteiger partial charge on any atom is -0.378 e. The van der Waals surface area contributed by atoms with E-state index in [0.29, 0.717) is 11.8 Å². The summed E-state index contributed by atoms with van der Waals surface area (Å²) in [5.74, 6) is 0.720. The summed E-state index contributed by atoms with van der Waals surface area (Å²) in [6, 6.07) is 13.4. The maximum atomic E-state index is 11.2. The second-order valence-corrected chi connectivity index (χ2v) is 6.44. The van der Waals surface area contributed by atoms with E-state index >= 15 is 0 Å². The lowest BCUT2D eigenvalue weighted by Gasteiger charge is -2.37. The maximum absolute atomic E-state index is 11.2. The van der Waals surface area contributed by atoms with Gasteiger partial charge in [0.2, 0.25) is 0 Å². The fourth-order valence-electron chi connectivity index (χ4n) is 3.74. The predicted molar refractivity (Wildman–Crippen MR) is 90.9 cm³/mol. The van der Waals surface area contributed by atoms with Gasteiger partial charge in [0.1, 0.15) is 5.02 Å². The molecule has 0 fully saturated rings. The Morgan fingerprint density at radius 1 is 1.22 bits per heavy atom. The summed E-state index contributed by atoms with van der Waals surface area (Å²) in [7, 11) is 0. The number of allylic oxidation sites excluding steroid dienone is 2. The molecule has 2 aromatic rings. The molecule has 0 aromatic heterocycles. The molecule has 0 spiro atoms. The highest BCUT2D eigenvalue weighted by Crippen LogP contribution is 2.50. The second kappa shape index (κ2) is 5.39. The highest BCUT2D eigenvalue weighted by Gasteiger charge is 2.38. The maximum Gasteiger partial charge on any atom is 0.288 e. The first-order valence-electron chi connectivity index (χ1n) is 7.61. The smallest absolute Gasteiger partial charge is 0.288 e. The normalized spacial score (nSPS) is 24.7. The SMILES string of the molecule is O=[N+]([O-])c1cc([C@@H]2Nc3ccccc3[C@H]3C=CC[C@@H]32)ccc1Cl. The molecule has 4 nitrogen and oxygen atoms in total. The Kier molecular flexibility index (Phi) is 3.34. The predicted octanol–water partition coefficient (Wildman–Crippen LogP) is 5.07. The van der Waals surface area contributed by atoms with E-state index in [9.17, 15) is 10.1 Å². The van der Waals surface area contributed by atoms with Gasteiger partial charge in [-0.1, -0.05) is 48.0 Å². The van der Waals surface area contributed by atoms with Crippen molar-refractivity contribution in [3.05, 3.63) is 80.9 Å². The fraction of sp³-hybridized carbons (Fsp3) is 0.222. The topological polar surface area (TPSA) is 55.2 Å². The molecule has 1 aliphatic heterocycles. The minimum atomic E-state index is -0.424. The third kappa shape index (κ3) is 2.30. The lowest BCUT2D eigenvalue weighted by Crippen LogP contribution is -2.29. The molecule has 3 atom stereocenters. The number of nitro groups is 1. The molecular formula is C18H15ClN2O2. The van der Waals surface area contributed by atoms with Gasteiger partial charge in [-0.2, -0.15) is 0 Å². The minimum absolute atomic E-state index is 0.0349. The Morgan fingerprint density at radius 3 is 2.87 bits per heavy atom. The molecule has 0 bridgehead atoms. The lowest BCUT2D eigenvalue weighted by molar-refractivity contribution is -0.384. The van der Waals surface area contributed by atoms with Crippen molar-refractivity contribution in [2.45, 2.75) is 18.4 Å². The van der Waals surface area contributed by atoms with Crippen LogP contribution in [0.4, 0.5) is 11.4 Å². The molecule has 2 aromatic carbocycles. The summed E-state index contributed by atoms with van der Waals surface area (Å²) < 4.78 is 0. The molecule has 23 heavy (non-hydrogen) atoms. The average molecular weight is 327 g/mol. The number of para-hydroxylation sites is 1. The molecule has 1 heterocycles. The molecular weight excluding hydrogens is 312 g/mol. The van der Waals surface area contributed by atoms with Crippen molar-refractivity contribution in [2.24, 2.45) is 5.92 Å². The first-order chi connectivity index (χ1) is 11.1. The molecule has 1 N–H and O–H groups in total. The zero-order valence-electron chi connectivity index (χ0n) is 12.3. The molecule has 0 radical (unpaired) electrons. The van der Waals surface area contributed by atoms with E-state index in [-0.39, 0.29) is 16.8 Å². The largest absolute Gasteiger partial charge is 0.378 e. The first kappa shape index (κ1) is 14.3. The summed E-state index contributed by atoms with van der Waals surface area (Å²) >= 11 is 5.95. The summed E-state index contributed by atoms with van der Waals surface area (Å²) in [5, 5.41) is 14.9. The van der Waals surface area contributed by atoms with Crippen molar-refractivity contribution < 1.29 is 4.92 Å². The van der Waals surface area contributed by atoms with Crippen LogP contribution >= 0.6 is 11.6 Å². The average Bonchev–Trinajstić information content (AvgIpc) is 3.04. The van der Waals surface area contributed by atoms with Crippen molar-refractivity contribution in [2.75, 3.05) is 5.32 Å². The number of anilines is 1. The number of rotatable bonds is 2. The van der Waals surface area contributed by atoms with Crippen molar-refractivity contribution in [1.82, 2.24) is 0 Å². The van der Waals surface area contributed by atoms with E-state index < -0.39 is 4.92 Å². The molecule has 0 saturated heterocycles. The van der Waals surface area contributed by atoms with Gasteiger partial charge < -0.3 is 5.32 Å². The molecule has 5 heteroatoms. The van der Waals surface area contributed by atoms with Crippen LogP contribution in [0.2, 0.25) is 5.02 Å². The Morgan fingerprint density at radius 2 is 2.04 bits per heavy atom. The zero-order chi connectivity index (χ0) is 16.0. The lowest BCUT2D eigenvalue weighted by atomic mass is 9.77. The summed E-state index contributed by atoms with van der Waals surface area (Å²) in [6.07, 6.45) is 5.42. The Hall–Kier alpha value is -2.33. The number of hydrogen-bond donors (Lipinski definition) is 1. The standard InChI is InChI=1S/C18H15ClN2O2/c19-15-9-8-11(10-17(15)21(22)23)18-14-6-3-5-12(14)13-4-1-2-7-16(13)20-18/h1-5,7-10,12,14,18,20H,6H2/t12-,14+,18+/m1/s1. The van der Waals surface area contributed by atoms with E-state index in [1.54, 1.807) is 12.1 Å². The van der Waals surface area contributed by atoms with Crippen LogP contribution in [0.1, 0.15) is 29.5 Å². The molecule has 0 amide bonds. The van der Waals surface area contributed by atoms with E-state index in [1.165, 1.54) is 5.56 Å². The van der Waals surface area contributed by atoms with E-state index in [4.69, 9.17) is 11.6 Å². The van der Waals surface area contributed by atoms with Crippen LogP contribution in [0.5, 0.6) is 0 Å². The van der Waals surface area contributed by atoms with Gasteiger partial charge in [-0.05, 0) is 35.6 Å². The van der Waals surface area contributed by atoms with Crippen LogP contribution in [-0.4, -0.2) is 4.92 Å². The Balaban J connectivity index is 1.78. The van der Waals surface area contributed by atoms with Crippen molar-refractivity contribution in [3.8, 4) is 0 Å². The molecule has 2 aliphatic rings. The molecule has 116 valence electrons. The number of benzene rings is 2. The van der Waals surface area contributed by atoms with Gasteiger partial charge in [-0.15, -0.1) is 0 Å². The van der Waals surface area contributed by atoms with Gasteiger partial charge in [-0.3, -0.25) is 10.1 Å². The van der Waals surface area contributed by atoms with Crippen LogP contribution in [0.25, 0.3) is 0 Å². The van der Waals surface area contributed by atoms with Gasteiger partial charge >= 0.3 is 0 Å². The third-order valence-electron chi connectivity index (χ3n) is 4.80. The van der Waals surface area contributed by atoms with Gasteiger partial charge in [-0.25, -0.2) is 0 Å². The van der Waals surface area contributed by atoms with Crippen molar-refractivity contribution in [3.63, 3.8) is 0 Å². The molecule has 0 unspecified atom stereocenters. The third-order valence-corrected chi connectivity index (χ3v) is 5.12.